The summed E-state index contributed by atoms with van der Waals surface area (Å²) in [5, 5.41) is 1.07. The van der Waals surface area contributed by atoms with Crippen molar-refractivity contribution >= 4 is 22.7 Å². The van der Waals surface area contributed by atoms with Crippen LogP contribution in [0.5, 0.6) is 0 Å². The summed E-state index contributed by atoms with van der Waals surface area (Å²) in [6, 6.07) is 26.8. The third-order valence-corrected chi connectivity index (χ3v) is 4.57. The van der Waals surface area contributed by atoms with E-state index in [0.29, 0.717) is 5.56 Å². The van der Waals surface area contributed by atoms with Crippen molar-refractivity contribution in [2.75, 3.05) is 0 Å². The normalized spacial score (nSPS) is 10.6. The van der Waals surface area contributed by atoms with Gasteiger partial charge >= 0.3 is 0 Å². The second kappa shape index (κ2) is 7.80. The number of para-hydroxylation sites is 1. The summed E-state index contributed by atoms with van der Waals surface area (Å²) in [6.45, 7) is 0.119. The summed E-state index contributed by atoms with van der Waals surface area (Å²) in [5.41, 5.74) is 8.25. The van der Waals surface area contributed by atoms with Crippen LogP contribution in [0.2, 0.25) is 0 Å². The molecule has 0 fully saturated rings. The van der Waals surface area contributed by atoms with Crippen molar-refractivity contribution in [1.29, 1.82) is 0 Å². The first-order chi connectivity index (χ1) is 13.7. The number of rotatable bonds is 4. The SMILES string of the molecule is O=C(Cn1ccc2ccccc21)NNC(=O)c1ccccc1-c1ccccc1. The lowest BCUT2D eigenvalue weighted by Gasteiger charge is -2.12. The molecule has 0 aliphatic carbocycles. The number of carbonyl (C=O) groups excluding carboxylic acids is 2. The van der Waals surface area contributed by atoms with Crippen molar-refractivity contribution in [3.63, 3.8) is 0 Å². The molecule has 1 heterocycles. The molecule has 0 spiro atoms. The molecule has 0 atom stereocenters. The molecular formula is C23H19N3O2. The summed E-state index contributed by atoms with van der Waals surface area (Å²) >= 11 is 0. The molecule has 5 heteroatoms. The molecule has 138 valence electrons. The van der Waals surface area contributed by atoms with Crippen molar-refractivity contribution < 1.29 is 9.59 Å². The molecule has 28 heavy (non-hydrogen) atoms. The number of aromatic nitrogens is 1. The zero-order valence-corrected chi connectivity index (χ0v) is 15.1. The third-order valence-electron chi connectivity index (χ3n) is 4.57. The van der Waals surface area contributed by atoms with Gasteiger partial charge in [0, 0.05) is 17.3 Å². The minimum Gasteiger partial charge on any atom is -0.338 e. The highest BCUT2D eigenvalue weighted by atomic mass is 16.2. The molecule has 5 nitrogen and oxygen atoms in total. The standard InChI is InChI=1S/C23H19N3O2/c27-22(16-26-15-14-18-10-4-7-13-21(18)26)24-25-23(28)20-12-6-5-11-19(20)17-8-2-1-3-9-17/h1-15H,16H2,(H,24,27)(H,25,28). The monoisotopic (exact) mass is 369 g/mol. The Morgan fingerprint density at radius 3 is 2.32 bits per heavy atom. The van der Waals surface area contributed by atoms with Gasteiger partial charge in [-0.05, 0) is 34.7 Å². The molecule has 3 aromatic carbocycles. The number of hydrazine groups is 1. The Labute approximate surface area is 162 Å². The molecule has 2 amide bonds. The minimum absolute atomic E-state index is 0.119. The van der Waals surface area contributed by atoms with Crippen molar-refractivity contribution in [2.24, 2.45) is 0 Å². The van der Waals surface area contributed by atoms with E-state index in [1.807, 2.05) is 83.6 Å². The van der Waals surface area contributed by atoms with E-state index in [4.69, 9.17) is 0 Å². The number of hydrogen-bond donors (Lipinski definition) is 2. The number of nitrogens with one attached hydrogen (secondary N) is 2. The van der Waals surface area contributed by atoms with Gasteiger partial charge in [0.15, 0.2) is 0 Å². The van der Waals surface area contributed by atoms with Crippen LogP contribution < -0.4 is 10.9 Å². The van der Waals surface area contributed by atoms with Crippen molar-refractivity contribution in [1.82, 2.24) is 15.4 Å². The molecule has 0 saturated carbocycles. The first kappa shape index (κ1) is 17.5. The molecule has 0 unspecified atom stereocenters. The van der Waals surface area contributed by atoms with Gasteiger partial charge in [-0.15, -0.1) is 0 Å². The Balaban J connectivity index is 1.44. The van der Waals surface area contributed by atoms with Gasteiger partial charge in [-0.2, -0.15) is 0 Å². The van der Waals surface area contributed by atoms with Crippen molar-refractivity contribution in [2.45, 2.75) is 6.54 Å². The fourth-order valence-corrected chi connectivity index (χ4v) is 3.22. The van der Waals surface area contributed by atoms with E-state index in [-0.39, 0.29) is 18.4 Å². The number of benzene rings is 3. The Bertz CT molecular complexity index is 1130. The average molecular weight is 369 g/mol. The van der Waals surface area contributed by atoms with Crippen LogP contribution in [0.15, 0.2) is 91.1 Å². The quantitative estimate of drug-likeness (QED) is 0.538. The summed E-state index contributed by atoms with van der Waals surface area (Å²) in [7, 11) is 0. The van der Waals surface area contributed by atoms with Gasteiger partial charge in [0.05, 0.1) is 0 Å². The predicted octanol–water partition coefficient (Wildman–Crippen LogP) is 3.77. The van der Waals surface area contributed by atoms with E-state index in [0.717, 1.165) is 22.0 Å². The van der Waals surface area contributed by atoms with Crippen LogP contribution in [0.3, 0.4) is 0 Å². The lowest BCUT2D eigenvalue weighted by atomic mass is 9.99. The zero-order chi connectivity index (χ0) is 19.3. The smallest absolute Gasteiger partial charge is 0.270 e. The number of nitrogens with zero attached hydrogens (tertiary/aromatic N) is 1. The summed E-state index contributed by atoms with van der Waals surface area (Å²) < 4.78 is 1.84. The maximum atomic E-state index is 12.6. The van der Waals surface area contributed by atoms with E-state index in [2.05, 4.69) is 10.9 Å². The summed E-state index contributed by atoms with van der Waals surface area (Å²) in [4.78, 5) is 24.9. The first-order valence-corrected chi connectivity index (χ1v) is 9.00. The van der Waals surface area contributed by atoms with E-state index >= 15 is 0 Å². The number of carbonyl (C=O) groups is 2. The van der Waals surface area contributed by atoms with Crippen LogP contribution in [0.1, 0.15) is 10.4 Å². The predicted molar refractivity (Wildman–Crippen MR) is 109 cm³/mol. The second-order valence-corrected chi connectivity index (χ2v) is 6.42. The maximum absolute atomic E-state index is 12.6. The maximum Gasteiger partial charge on any atom is 0.270 e. The molecule has 4 rings (SSSR count). The van der Waals surface area contributed by atoms with Gasteiger partial charge in [-0.1, -0.05) is 66.7 Å². The Morgan fingerprint density at radius 1 is 0.750 bits per heavy atom. The molecule has 0 aliphatic rings. The van der Waals surface area contributed by atoms with Crippen molar-refractivity contribution in [3.05, 3.63) is 96.7 Å². The summed E-state index contributed by atoms with van der Waals surface area (Å²) in [6.07, 6.45) is 1.86. The highest BCUT2D eigenvalue weighted by Crippen LogP contribution is 2.23. The van der Waals surface area contributed by atoms with E-state index < -0.39 is 0 Å². The lowest BCUT2D eigenvalue weighted by Crippen LogP contribution is -2.43. The molecule has 2 N–H and O–H groups in total. The van der Waals surface area contributed by atoms with Crippen LogP contribution >= 0.6 is 0 Å². The van der Waals surface area contributed by atoms with Gasteiger partial charge in [0.2, 0.25) is 0 Å². The van der Waals surface area contributed by atoms with E-state index in [1.54, 1.807) is 12.1 Å². The van der Waals surface area contributed by atoms with Gasteiger partial charge in [-0.25, -0.2) is 0 Å². The van der Waals surface area contributed by atoms with Gasteiger partial charge in [0.1, 0.15) is 6.54 Å². The molecule has 0 radical (unpaired) electrons. The molecule has 0 bridgehead atoms. The number of amides is 2. The Kier molecular flexibility index (Phi) is 4.89. The lowest BCUT2D eigenvalue weighted by molar-refractivity contribution is -0.122. The van der Waals surface area contributed by atoms with Crippen LogP contribution in [-0.4, -0.2) is 16.4 Å². The Morgan fingerprint density at radius 2 is 1.46 bits per heavy atom. The van der Waals surface area contributed by atoms with Crippen LogP contribution in [-0.2, 0) is 11.3 Å². The largest absolute Gasteiger partial charge is 0.338 e. The van der Waals surface area contributed by atoms with E-state index in [1.165, 1.54) is 0 Å². The van der Waals surface area contributed by atoms with Gasteiger partial charge in [-0.3, -0.25) is 20.4 Å². The third kappa shape index (κ3) is 3.64. The fourth-order valence-electron chi connectivity index (χ4n) is 3.22. The van der Waals surface area contributed by atoms with E-state index in [9.17, 15) is 9.59 Å². The minimum atomic E-state index is -0.356. The summed E-state index contributed by atoms with van der Waals surface area (Å²) in [5.74, 6) is -0.655. The Hall–Kier alpha value is -3.86. The second-order valence-electron chi connectivity index (χ2n) is 6.42. The number of hydrogen-bond acceptors (Lipinski definition) is 2. The van der Waals surface area contributed by atoms with Crippen LogP contribution in [0.4, 0.5) is 0 Å². The highest BCUT2D eigenvalue weighted by molar-refractivity contribution is 6.01. The molecule has 4 aromatic rings. The molecule has 1 aromatic heterocycles. The van der Waals surface area contributed by atoms with Gasteiger partial charge < -0.3 is 4.57 Å². The molecular weight excluding hydrogens is 350 g/mol. The van der Waals surface area contributed by atoms with Crippen LogP contribution in [0.25, 0.3) is 22.0 Å². The highest BCUT2D eigenvalue weighted by Gasteiger charge is 2.13. The van der Waals surface area contributed by atoms with Crippen LogP contribution in [0, 0.1) is 0 Å². The topological polar surface area (TPSA) is 63.1 Å². The van der Waals surface area contributed by atoms with Crippen molar-refractivity contribution in [3.8, 4) is 11.1 Å². The first-order valence-electron chi connectivity index (χ1n) is 9.00. The average Bonchev–Trinajstić information content (AvgIpc) is 3.15. The molecule has 0 saturated heterocycles. The fraction of sp³-hybridized carbons (Fsp3) is 0.0435. The molecule has 0 aliphatic heterocycles. The number of fused-ring (bicyclic) bond motifs is 1. The zero-order valence-electron chi connectivity index (χ0n) is 15.1. The van der Waals surface area contributed by atoms with Gasteiger partial charge in [0.25, 0.3) is 11.8 Å².